The van der Waals surface area contributed by atoms with Gasteiger partial charge in [0.25, 0.3) is 0 Å². The average molecular weight is 220 g/mol. The molecule has 0 aliphatic carbocycles. The van der Waals surface area contributed by atoms with Gasteiger partial charge >= 0.3 is 0 Å². The van der Waals surface area contributed by atoms with Crippen LogP contribution in [-0.2, 0) is 6.54 Å². The molecular weight excluding hydrogens is 204 g/mol. The Hall–Kier alpha value is -0.980. The normalized spacial score (nSPS) is 12.1. The molecule has 0 saturated carbocycles. The molecule has 1 N–H and O–H groups in total. The van der Waals surface area contributed by atoms with E-state index in [1.165, 1.54) is 5.56 Å². The minimum absolute atomic E-state index is 0.629. The summed E-state index contributed by atoms with van der Waals surface area (Å²) in [6.45, 7) is 4.03. The highest BCUT2D eigenvalue weighted by Crippen LogP contribution is 2.05. The van der Waals surface area contributed by atoms with E-state index >= 15 is 0 Å². The number of hydrogen-bond acceptors (Lipinski definition) is 3. The molecule has 0 amide bonds. The summed E-state index contributed by atoms with van der Waals surface area (Å²) in [7, 11) is 0. The highest BCUT2D eigenvalue weighted by Gasteiger charge is 1.99. The molecular formula is C12H16N2S. The monoisotopic (exact) mass is 220 g/mol. The van der Waals surface area contributed by atoms with Gasteiger partial charge in [-0.3, -0.25) is 0 Å². The third kappa shape index (κ3) is 4.37. The molecule has 0 aromatic heterocycles. The maximum absolute atomic E-state index is 8.74. The second kappa shape index (κ2) is 6.49. The first-order valence-corrected chi connectivity index (χ1v) is 6.27. The van der Waals surface area contributed by atoms with Crippen molar-refractivity contribution in [3.63, 3.8) is 0 Å². The molecule has 0 heterocycles. The summed E-state index contributed by atoms with van der Waals surface area (Å²) in [5, 5.41) is 12.7. The molecule has 1 aromatic rings. The maximum Gasteiger partial charge on any atom is 0.0991 e. The van der Waals surface area contributed by atoms with E-state index in [1.54, 1.807) is 0 Å². The van der Waals surface area contributed by atoms with Crippen LogP contribution >= 0.6 is 11.8 Å². The lowest BCUT2D eigenvalue weighted by molar-refractivity contribution is 0.684. The van der Waals surface area contributed by atoms with Gasteiger partial charge in [0.05, 0.1) is 11.6 Å². The zero-order valence-electron chi connectivity index (χ0n) is 9.16. The van der Waals surface area contributed by atoms with E-state index in [1.807, 2.05) is 36.0 Å². The van der Waals surface area contributed by atoms with Crippen molar-refractivity contribution >= 4 is 11.8 Å². The Morgan fingerprint density at radius 1 is 1.53 bits per heavy atom. The van der Waals surface area contributed by atoms with Crippen molar-refractivity contribution in [3.05, 3.63) is 35.4 Å². The van der Waals surface area contributed by atoms with Gasteiger partial charge in [0.1, 0.15) is 0 Å². The van der Waals surface area contributed by atoms with Gasteiger partial charge < -0.3 is 5.32 Å². The lowest BCUT2D eigenvalue weighted by Gasteiger charge is -2.09. The van der Waals surface area contributed by atoms with Gasteiger partial charge in [0, 0.05) is 18.3 Å². The molecule has 1 rings (SSSR count). The summed E-state index contributed by atoms with van der Waals surface area (Å²) in [6.07, 6.45) is 2.11. The van der Waals surface area contributed by atoms with Crippen LogP contribution in [-0.4, -0.2) is 18.1 Å². The standard InChI is InChI=1S/C12H16N2S/c1-10(15-2)8-14-9-12-5-3-4-11(6-12)7-13/h3-6,10,14H,8-9H2,1-2H3. The number of nitrogens with zero attached hydrogens (tertiary/aromatic N) is 1. The zero-order chi connectivity index (χ0) is 11.1. The number of benzene rings is 1. The van der Waals surface area contributed by atoms with Crippen LogP contribution in [0.3, 0.4) is 0 Å². The zero-order valence-corrected chi connectivity index (χ0v) is 9.97. The van der Waals surface area contributed by atoms with Crippen LogP contribution in [0.2, 0.25) is 0 Å². The fourth-order valence-electron chi connectivity index (χ4n) is 1.25. The van der Waals surface area contributed by atoms with Gasteiger partial charge in [-0.25, -0.2) is 0 Å². The summed E-state index contributed by atoms with van der Waals surface area (Å²) in [5.74, 6) is 0. The fraction of sp³-hybridized carbons (Fsp3) is 0.417. The molecule has 0 spiro atoms. The van der Waals surface area contributed by atoms with Crippen molar-refractivity contribution in [2.45, 2.75) is 18.7 Å². The van der Waals surface area contributed by atoms with E-state index in [0.29, 0.717) is 5.25 Å². The van der Waals surface area contributed by atoms with E-state index in [4.69, 9.17) is 5.26 Å². The second-order valence-corrected chi connectivity index (χ2v) is 4.77. The highest BCUT2D eigenvalue weighted by atomic mass is 32.2. The number of nitriles is 1. The number of thioether (sulfide) groups is 1. The predicted octanol–water partition coefficient (Wildman–Crippen LogP) is 2.40. The molecule has 15 heavy (non-hydrogen) atoms. The minimum Gasteiger partial charge on any atom is -0.312 e. The molecule has 0 bridgehead atoms. The van der Waals surface area contributed by atoms with Crippen LogP contribution in [0.5, 0.6) is 0 Å². The summed E-state index contributed by atoms with van der Waals surface area (Å²) < 4.78 is 0. The van der Waals surface area contributed by atoms with Crippen molar-refractivity contribution in [1.82, 2.24) is 5.32 Å². The van der Waals surface area contributed by atoms with Crippen LogP contribution in [0.25, 0.3) is 0 Å². The number of hydrogen-bond donors (Lipinski definition) is 1. The van der Waals surface area contributed by atoms with Crippen molar-refractivity contribution in [1.29, 1.82) is 5.26 Å². The Labute approximate surface area is 95.7 Å². The molecule has 3 heteroatoms. The predicted molar refractivity (Wildman–Crippen MR) is 65.8 cm³/mol. The van der Waals surface area contributed by atoms with Gasteiger partial charge in [-0.2, -0.15) is 17.0 Å². The summed E-state index contributed by atoms with van der Waals surface area (Å²) in [6, 6.07) is 9.86. The van der Waals surface area contributed by atoms with E-state index in [0.717, 1.165) is 18.7 Å². The highest BCUT2D eigenvalue weighted by molar-refractivity contribution is 7.99. The third-order valence-electron chi connectivity index (χ3n) is 2.22. The van der Waals surface area contributed by atoms with Gasteiger partial charge in [0.15, 0.2) is 0 Å². The molecule has 1 aromatic carbocycles. The maximum atomic E-state index is 8.74. The second-order valence-electron chi connectivity index (χ2n) is 3.49. The molecule has 0 fully saturated rings. The first-order valence-electron chi connectivity index (χ1n) is 4.99. The fourth-order valence-corrected chi connectivity index (χ4v) is 1.54. The largest absolute Gasteiger partial charge is 0.312 e. The van der Waals surface area contributed by atoms with Crippen LogP contribution < -0.4 is 5.32 Å². The van der Waals surface area contributed by atoms with Gasteiger partial charge in [-0.1, -0.05) is 19.1 Å². The summed E-state index contributed by atoms with van der Waals surface area (Å²) in [5.41, 5.74) is 1.90. The number of rotatable bonds is 5. The van der Waals surface area contributed by atoms with Crippen molar-refractivity contribution in [2.75, 3.05) is 12.8 Å². The molecule has 80 valence electrons. The molecule has 0 saturated heterocycles. The Balaban J connectivity index is 2.41. The Morgan fingerprint density at radius 3 is 3.00 bits per heavy atom. The van der Waals surface area contributed by atoms with E-state index in [2.05, 4.69) is 24.6 Å². The Morgan fingerprint density at radius 2 is 2.33 bits per heavy atom. The first kappa shape index (κ1) is 12.1. The summed E-state index contributed by atoms with van der Waals surface area (Å²) in [4.78, 5) is 0. The van der Waals surface area contributed by atoms with Gasteiger partial charge in [0.2, 0.25) is 0 Å². The van der Waals surface area contributed by atoms with Crippen molar-refractivity contribution in [2.24, 2.45) is 0 Å². The summed E-state index contributed by atoms with van der Waals surface area (Å²) >= 11 is 1.85. The average Bonchev–Trinajstić information content (AvgIpc) is 2.29. The van der Waals surface area contributed by atoms with Crippen molar-refractivity contribution < 1.29 is 0 Å². The lowest BCUT2D eigenvalue weighted by Crippen LogP contribution is -2.21. The van der Waals surface area contributed by atoms with Crippen LogP contribution in [0.1, 0.15) is 18.1 Å². The molecule has 0 aliphatic rings. The first-order chi connectivity index (χ1) is 7.26. The molecule has 2 nitrogen and oxygen atoms in total. The minimum atomic E-state index is 0.629. The quantitative estimate of drug-likeness (QED) is 0.827. The van der Waals surface area contributed by atoms with E-state index in [-0.39, 0.29) is 0 Å². The lowest BCUT2D eigenvalue weighted by atomic mass is 10.1. The smallest absolute Gasteiger partial charge is 0.0991 e. The number of nitrogens with one attached hydrogen (secondary N) is 1. The SMILES string of the molecule is CSC(C)CNCc1cccc(C#N)c1. The van der Waals surface area contributed by atoms with Crippen molar-refractivity contribution in [3.8, 4) is 6.07 Å². The van der Waals surface area contributed by atoms with Crippen LogP contribution in [0, 0.1) is 11.3 Å². The van der Waals surface area contributed by atoms with Crippen LogP contribution in [0.4, 0.5) is 0 Å². The van der Waals surface area contributed by atoms with Gasteiger partial charge in [-0.15, -0.1) is 0 Å². The molecule has 1 unspecified atom stereocenters. The van der Waals surface area contributed by atoms with Crippen LogP contribution in [0.15, 0.2) is 24.3 Å². The third-order valence-corrected chi connectivity index (χ3v) is 3.19. The van der Waals surface area contributed by atoms with E-state index < -0.39 is 0 Å². The van der Waals surface area contributed by atoms with Gasteiger partial charge in [-0.05, 0) is 24.0 Å². The Bertz CT molecular complexity index is 344. The molecule has 0 aliphatic heterocycles. The topological polar surface area (TPSA) is 35.8 Å². The Kier molecular flexibility index (Phi) is 5.23. The molecule has 0 radical (unpaired) electrons. The van der Waals surface area contributed by atoms with E-state index in [9.17, 15) is 0 Å². The molecule has 1 atom stereocenters.